The van der Waals surface area contributed by atoms with Gasteiger partial charge in [0, 0.05) is 18.6 Å². The summed E-state index contributed by atoms with van der Waals surface area (Å²) in [4.78, 5) is 19.7. The number of nitrogens with zero attached hydrogens (tertiary/aromatic N) is 2. The SMILES string of the molecule is O=C(NCc1ccccn1)c1ccncc1Cl. The number of aromatic nitrogens is 2. The molecule has 0 aromatic carbocycles. The van der Waals surface area contributed by atoms with E-state index >= 15 is 0 Å². The molecule has 4 nitrogen and oxygen atoms in total. The summed E-state index contributed by atoms with van der Waals surface area (Å²) in [5.41, 5.74) is 1.21. The molecule has 5 heteroatoms. The summed E-state index contributed by atoms with van der Waals surface area (Å²) in [5, 5.41) is 3.08. The highest BCUT2D eigenvalue weighted by molar-refractivity contribution is 6.33. The van der Waals surface area contributed by atoms with Crippen molar-refractivity contribution in [2.45, 2.75) is 6.54 Å². The topological polar surface area (TPSA) is 54.9 Å². The molecule has 1 N–H and O–H groups in total. The highest BCUT2D eigenvalue weighted by Crippen LogP contribution is 2.12. The third-order valence-corrected chi connectivity index (χ3v) is 2.47. The Hall–Kier alpha value is -1.94. The molecule has 2 rings (SSSR count). The molecule has 0 fully saturated rings. The molecule has 0 aliphatic heterocycles. The van der Waals surface area contributed by atoms with Crippen LogP contribution in [-0.2, 0) is 6.54 Å². The number of halogens is 1. The van der Waals surface area contributed by atoms with Crippen molar-refractivity contribution in [3.05, 3.63) is 59.1 Å². The minimum absolute atomic E-state index is 0.233. The summed E-state index contributed by atoms with van der Waals surface area (Å²) < 4.78 is 0. The van der Waals surface area contributed by atoms with Crippen LogP contribution in [0.4, 0.5) is 0 Å². The van der Waals surface area contributed by atoms with E-state index in [0.717, 1.165) is 5.69 Å². The first kappa shape index (κ1) is 11.5. The second-order valence-electron chi connectivity index (χ2n) is 3.36. The molecular formula is C12H10ClN3O. The Bertz CT molecular complexity index is 516. The first-order chi connectivity index (χ1) is 8.27. The molecule has 86 valence electrons. The number of pyridine rings is 2. The Balaban J connectivity index is 2.01. The highest BCUT2D eigenvalue weighted by atomic mass is 35.5. The molecule has 0 aliphatic carbocycles. The zero-order valence-electron chi connectivity index (χ0n) is 8.93. The van der Waals surface area contributed by atoms with Gasteiger partial charge in [0.05, 0.1) is 22.8 Å². The minimum Gasteiger partial charge on any atom is -0.346 e. The fraction of sp³-hybridized carbons (Fsp3) is 0.0833. The van der Waals surface area contributed by atoms with E-state index in [0.29, 0.717) is 17.1 Å². The predicted octanol–water partition coefficient (Wildman–Crippen LogP) is 2.06. The van der Waals surface area contributed by atoms with E-state index in [1.54, 1.807) is 12.3 Å². The quantitative estimate of drug-likeness (QED) is 0.903. The first-order valence-corrected chi connectivity index (χ1v) is 5.43. The number of nitrogens with one attached hydrogen (secondary N) is 1. The normalized spacial score (nSPS) is 9.94. The van der Waals surface area contributed by atoms with Gasteiger partial charge >= 0.3 is 0 Å². The summed E-state index contributed by atoms with van der Waals surface area (Å²) >= 11 is 5.86. The van der Waals surface area contributed by atoms with Crippen LogP contribution in [0.5, 0.6) is 0 Å². The van der Waals surface area contributed by atoms with Crippen molar-refractivity contribution < 1.29 is 4.79 Å². The Morgan fingerprint density at radius 1 is 1.29 bits per heavy atom. The van der Waals surface area contributed by atoms with Crippen molar-refractivity contribution in [1.82, 2.24) is 15.3 Å². The van der Waals surface area contributed by atoms with Crippen molar-refractivity contribution in [3.63, 3.8) is 0 Å². The lowest BCUT2D eigenvalue weighted by atomic mass is 10.2. The van der Waals surface area contributed by atoms with Gasteiger partial charge in [0.2, 0.25) is 0 Å². The number of amides is 1. The zero-order valence-corrected chi connectivity index (χ0v) is 9.69. The molecule has 17 heavy (non-hydrogen) atoms. The van der Waals surface area contributed by atoms with Crippen LogP contribution in [0.15, 0.2) is 42.9 Å². The molecule has 0 unspecified atom stereocenters. The van der Waals surface area contributed by atoms with Gasteiger partial charge in [0.1, 0.15) is 0 Å². The van der Waals surface area contributed by atoms with Crippen molar-refractivity contribution in [3.8, 4) is 0 Å². The Labute approximate surface area is 104 Å². The second kappa shape index (κ2) is 5.41. The maximum Gasteiger partial charge on any atom is 0.253 e. The van der Waals surface area contributed by atoms with E-state index in [-0.39, 0.29) is 5.91 Å². The average Bonchev–Trinajstić information content (AvgIpc) is 2.38. The van der Waals surface area contributed by atoms with Crippen molar-refractivity contribution in [1.29, 1.82) is 0 Å². The molecular weight excluding hydrogens is 238 g/mol. The Kier molecular flexibility index (Phi) is 3.67. The molecule has 0 atom stereocenters. The van der Waals surface area contributed by atoms with Crippen LogP contribution >= 0.6 is 11.6 Å². The average molecular weight is 248 g/mol. The van der Waals surface area contributed by atoms with Gasteiger partial charge in [-0.15, -0.1) is 0 Å². The highest BCUT2D eigenvalue weighted by Gasteiger charge is 2.09. The lowest BCUT2D eigenvalue weighted by Gasteiger charge is -2.05. The molecule has 2 heterocycles. The summed E-state index contributed by atoms with van der Waals surface area (Å²) in [6, 6.07) is 7.11. The van der Waals surface area contributed by atoms with Crippen molar-refractivity contribution >= 4 is 17.5 Å². The van der Waals surface area contributed by atoms with Crippen LogP contribution in [-0.4, -0.2) is 15.9 Å². The van der Waals surface area contributed by atoms with Gasteiger partial charge in [-0.05, 0) is 18.2 Å². The van der Waals surface area contributed by atoms with Crippen LogP contribution in [0.2, 0.25) is 5.02 Å². The number of hydrogen-bond acceptors (Lipinski definition) is 3. The predicted molar refractivity (Wildman–Crippen MR) is 64.7 cm³/mol. The fourth-order valence-electron chi connectivity index (χ4n) is 1.33. The molecule has 0 saturated heterocycles. The second-order valence-corrected chi connectivity index (χ2v) is 3.77. The summed E-state index contributed by atoms with van der Waals surface area (Å²) in [5.74, 6) is -0.233. The number of hydrogen-bond donors (Lipinski definition) is 1. The molecule has 0 bridgehead atoms. The van der Waals surface area contributed by atoms with Gasteiger partial charge < -0.3 is 5.32 Å². The maximum absolute atomic E-state index is 11.8. The molecule has 2 aromatic rings. The van der Waals surface area contributed by atoms with Crippen LogP contribution < -0.4 is 5.32 Å². The van der Waals surface area contributed by atoms with E-state index in [2.05, 4.69) is 15.3 Å². The number of carbonyl (C=O) groups excluding carboxylic acids is 1. The first-order valence-electron chi connectivity index (χ1n) is 5.05. The van der Waals surface area contributed by atoms with Crippen LogP contribution in [0.1, 0.15) is 16.1 Å². The molecule has 0 radical (unpaired) electrons. The smallest absolute Gasteiger partial charge is 0.253 e. The Morgan fingerprint density at radius 3 is 2.88 bits per heavy atom. The summed E-state index contributed by atoms with van der Waals surface area (Å²) in [7, 11) is 0. The maximum atomic E-state index is 11.8. The van der Waals surface area contributed by atoms with Crippen LogP contribution in [0, 0.1) is 0 Å². The van der Waals surface area contributed by atoms with E-state index in [9.17, 15) is 4.79 Å². The molecule has 0 aliphatic rings. The van der Waals surface area contributed by atoms with Gasteiger partial charge in [-0.2, -0.15) is 0 Å². The monoisotopic (exact) mass is 247 g/mol. The van der Waals surface area contributed by atoms with E-state index in [1.807, 2.05) is 18.2 Å². The van der Waals surface area contributed by atoms with Gasteiger partial charge in [-0.25, -0.2) is 0 Å². The number of rotatable bonds is 3. The minimum atomic E-state index is -0.233. The van der Waals surface area contributed by atoms with Crippen molar-refractivity contribution in [2.24, 2.45) is 0 Å². The van der Waals surface area contributed by atoms with Gasteiger partial charge in [-0.1, -0.05) is 17.7 Å². The van der Waals surface area contributed by atoms with E-state index < -0.39 is 0 Å². The standard InChI is InChI=1S/C12H10ClN3O/c13-11-8-14-6-4-10(11)12(17)16-7-9-3-1-2-5-15-9/h1-6,8H,7H2,(H,16,17). The molecule has 0 saturated carbocycles. The van der Waals surface area contributed by atoms with Crippen LogP contribution in [0.25, 0.3) is 0 Å². The molecule has 1 amide bonds. The largest absolute Gasteiger partial charge is 0.346 e. The van der Waals surface area contributed by atoms with Gasteiger partial charge in [0.15, 0.2) is 0 Å². The fourth-order valence-corrected chi connectivity index (χ4v) is 1.53. The lowest BCUT2D eigenvalue weighted by Crippen LogP contribution is -2.23. The number of carbonyl (C=O) groups is 1. The van der Waals surface area contributed by atoms with Gasteiger partial charge in [0.25, 0.3) is 5.91 Å². The third kappa shape index (κ3) is 3.01. The molecule has 2 aromatic heterocycles. The lowest BCUT2D eigenvalue weighted by molar-refractivity contribution is 0.0950. The zero-order chi connectivity index (χ0) is 12.1. The van der Waals surface area contributed by atoms with Crippen LogP contribution in [0.3, 0.4) is 0 Å². The molecule has 0 spiro atoms. The Morgan fingerprint density at radius 2 is 2.18 bits per heavy atom. The summed E-state index contributed by atoms with van der Waals surface area (Å²) in [6.45, 7) is 0.373. The van der Waals surface area contributed by atoms with Crippen molar-refractivity contribution in [2.75, 3.05) is 0 Å². The van der Waals surface area contributed by atoms with E-state index in [1.165, 1.54) is 12.4 Å². The van der Waals surface area contributed by atoms with Gasteiger partial charge in [-0.3, -0.25) is 14.8 Å². The summed E-state index contributed by atoms with van der Waals surface area (Å²) in [6.07, 6.45) is 4.65. The third-order valence-electron chi connectivity index (χ3n) is 2.17. The van der Waals surface area contributed by atoms with E-state index in [4.69, 9.17) is 11.6 Å².